The van der Waals surface area contributed by atoms with Crippen LogP contribution in [0.15, 0.2) is 10.7 Å². The summed E-state index contributed by atoms with van der Waals surface area (Å²) in [5.41, 5.74) is 0. The summed E-state index contributed by atoms with van der Waals surface area (Å²) >= 11 is 1.11. The molecule has 0 aromatic carbocycles. The summed E-state index contributed by atoms with van der Waals surface area (Å²) in [7, 11) is 0. The Morgan fingerprint density at radius 2 is 2.40 bits per heavy atom. The predicted octanol–water partition coefficient (Wildman–Crippen LogP) is 2.02. The van der Waals surface area contributed by atoms with Gasteiger partial charge in [-0.2, -0.15) is 4.98 Å². The first-order valence-electron chi connectivity index (χ1n) is 6.58. The second kappa shape index (κ2) is 5.28. The molecule has 0 bridgehead atoms. The second-order valence-electron chi connectivity index (χ2n) is 5.08. The van der Waals surface area contributed by atoms with Crippen LogP contribution < -0.4 is 0 Å². The summed E-state index contributed by atoms with van der Waals surface area (Å²) in [4.78, 5) is 19.1. The Balaban J connectivity index is 1.83. The summed E-state index contributed by atoms with van der Waals surface area (Å²) in [5, 5.41) is 7.74. The molecule has 3 rings (SSSR count). The van der Waals surface area contributed by atoms with Gasteiger partial charge in [0.15, 0.2) is 5.82 Å². The number of aromatic nitrogens is 4. The molecule has 2 aromatic rings. The van der Waals surface area contributed by atoms with Gasteiger partial charge in [0.1, 0.15) is 4.88 Å². The van der Waals surface area contributed by atoms with Crippen molar-refractivity contribution in [2.45, 2.75) is 38.6 Å². The van der Waals surface area contributed by atoms with E-state index < -0.39 is 0 Å². The van der Waals surface area contributed by atoms with Gasteiger partial charge in [-0.15, -0.1) is 5.10 Å². The molecule has 3 heterocycles. The molecule has 8 heteroatoms. The van der Waals surface area contributed by atoms with E-state index in [1.807, 2.05) is 13.8 Å². The van der Waals surface area contributed by atoms with Crippen LogP contribution in [0.25, 0.3) is 0 Å². The van der Waals surface area contributed by atoms with Crippen molar-refractivity contribution in [2.24, 2.45) is 0 Å². The minimum absolute atomic E-state index is 0.0570. The van der Waals surface area contributed by atoms with E-state index in [0.29, 0.717) is 23.1 Å². The lowest BCUT2D eigenvalue weighted by Gasteiger charge is -2.20. The smallest absolute Gasteiger partial charge is 0.267 e. The number of likely N-dealkylation sites (tertiary alicyclic amines) is 1. The van der Waals surface area contributed by atoms with E-state index in [4.69, 9.17) is 4.52 Å². The van der Waals surface area contributed by atoms with Crippen molar-refractivity contribution in [1.29, 1.82) is 0 Å². The Morgan fingerprint density at radius 3 is 3.05 bits per heavy atom. The van der Waals surface area contributed by atoms with E-state index in [1.54, 1.807) is 4.90 Å². The van der Waals surface area contributed by atoms with Crippen LogP contribution in [-0.4, -0.2) is 37.1 Å². The van der Waals surface area contributed by atoms with Gasteiger partial charge >= 0.3 is 0 Å². The Kier molecular flexibility index (Phi) is 3.47. The molecule has 1 fully saturated rings. The molecule has 2 aromatic heterocycles. The van der Waals surface area contributed by atoms with Gasteiger partial charge in [0.05, 0.1) is 12.2 Å². The maximum absolute atomic E-state index is 12.4. The largest absolute Gasteiger partial charge is 0.339 e. The Bertz CT molecular complexity index is 595. The van der Waals surface area contributed by atoms with Gasteiger partial charge in [-0.1, -0.05) is 23.5 Å². The normalized spacial score (nSPS) is 18.9. The van der Waals surface area contributed by atoms with Gasteiger partial charge in [-0.3, -0.25) is 4.79 Å². The highest BCUT2D eigenvalue weighted by Crippen LogP contribution is 2.32. The molecule has 20 heavy (non-hydrogen) atoms. The molecule has 0 spiro atoms. The van der Waals surface area contributed by atoms with Crippen LogP contribution in [0.1, 0.15) is 60.0 Å². The fraction of sp³-hybridized carbons (Fsp3) is 0.583. The van der Waals surface area contributed by atoms with E-state index in [9.17, 15) is 4.79 Å². The van der Waals surface area contributed by atoms with Gasteiger partial charge in [0, 0.05) is 12.5 Å². The second-order valence-corrected chi connectivity index (χ2v) is 5.87. The number of rotatable bonds is 3. The fourth-order valence-electron chi connectivity index (χ4n) is 2.30. The SMILES string of the molecule is CC(C)c1nc(C2CCCN2C(=O)c2cnns2)no1. The highest BCUT2D eigenvalue weighted by atomic mass is 32.1. The molecule has 1 saturated heterocycles. The van der Waals surface area contributed by atoms with E-state index >= 15 is 0 Å². The maximum atomic E-state index is 12.4. The third-order valence-corrected chi connectivity index (χ3v) is 3.99. The van der Waals surface area contributed by atoms with Crippen LogP contribution in [-0.2, 0) is 0 Å². The molecule has 1 aliphatic heterocycles. The zero-order valence-electron chi connectivity index (χ0n) is 11.3. The monoisotopic (exact) mass is 293 g/mol. The summed E-state index contributed by atoms with van der Waals surface area (Å²) in [6.45, 7) is 4.70. The van der Waals surface area contributed by atoms with Gasteiger partial charge in [-0.05, 0) is 24.4 Å². The number of hydrogen-bond acceptors (Lipinski definition) is 7. The maximum Gasteiger partial charge on any atom is 0.267 e. The van der Waals surface area contributed by atoms with Crippen LogP contribution in [0.2, 0.25) is 0 Å². The van der Waals surface area contributed by atoms with Gasteiger partial charge < -0.3 is 9.42 Å². The van der Waals surface area contributed by atoms with Crippen molar-refractivity contribution < 1.29 is 9.32 Å². The van der Waals surface area contributed by atoms with Crippen LogP contribution in [0.3, 0.4) is 0 Å². The number of amides is 1. The van der Waals surface area contributed by atoms with E-state index in [-0.39, 0.29) is 17.9 Å². The lowest BCUT2D eigenvalue weighted by atomic mass is 10.2. The van der Waals surface area contributed by atoms with Crippen molar-refractivity contribution in [1.82, 2.24) is 24.6 Å². The van der Waals surface area contributed by atoms with Crippen LogP contribution >= 0.6 is 11.5 Å². The van der Waals surface area contributed by atoms with Gasteiger partial charge in [0.25, 0.3) is 5.91 Å². The highest BCUT2D eigenvalue weighted by molar-refractivity contribution is 7.07. The van der Waals surface area contributed by atoms with E-state index in [2.05, 4.69) is 19.7 Å². The summed E-state index contributed by atoms with van der Waals surface area (Å²) in [6.07, 6.45) is 3.29. The first-order chi connectivity index (χ1) is 9.66. The third-order valence-electron chi connectivity index (χ3n) is 3.34. The van der Waals surface area contributed by atoms with Crippen molar-refractivity contribution in [3.63, 3.8) is 0 Å². The van der Waals surface area contributed by atoms with Crippen molar-refractivity contribution in [3.8, 4) is 0 Å². The molecule has 1 amide bonds. The number of carbonyl (C=O) groups excluding carboxylic acids is 1. The number of nitrogens with zero attached hydrogens (tertiary/aromatic N) is 5. The minimum atomic E-state index is -0.110. The average molecular weight is 293 g/mol. The molecule has 106 valence electrons. The van der Waals surface area contributed by atoms with Gasteiger partial charge in [-0.25, -0.2) is 0 Å². The number of hydrogen-bond donors (Lipinski definition) is 0. The lowest BCUT2D eigenvalue weighted by molar-refractivity contribution is 0.0733. The molecule has 1 unspecified atom stereocenters. The summed E-state index contributed by atoms with van der Waals surface area (Å²) in [6, 6.07) is -0.110. The standard InChI is InChI=1S/C12H15N5O2S/c1-7(2)11-14-10(15-19-11)8-4-3-5-17(8)12(18)9-6-13-16-20-9/h6-8H,3-5H2,1-2H3. The minimum Gasteiger partial charge on any atom is -0.339 e. The Labute approximate surface area is 120 Å². The average Bonchev–Trinajstić information content (AvgIpc) is 3.17. The molecule has 0 saturated carbocycles. The predicted molar refractivity (Wildman–Crippen MR) is 71.3 cm³/mol. The lowest BCUT2D eigenvalue weighted by Crippen LogP contribution is -2.30. The first-order valence-corrected chi connectivity index (χ1v) is 7.36. The van der Waals surface area contributed by atoms with E-state index in [0.717, 1.165) is 24.4 Å². The molecule has 1 atom stereocenters. The fourth-order valence-corrected chi connectivity index (χ4v) is 2.77. The Hall–Kier alpha value is -1.83. The zero-order valence-corrected chi connectivity index (χ0v) is 12.1. The molecule has 7 nitrogen and oxygen atoms in total. The number of carbonyl (C=O) groups is 1. The highest BCUT2D eigenvalue weighted by Gasteiger charge is 2.34. The first kappa shape index (κ1) is 13.2. The molecular formula is C12H15N5O2S. The summed E-state index contributed by atoms with van der Waals surface area (Å²) in [5.74, 6) is 1.33. The summed E-state index contributed by atoms with van der Waals surface area (Å²) < 4.78 is 8.97. The van der Waals surface area contributed by atoms with Crippen LogP contribution in [0.5, 0.6) is 0 Å². The third kappa shape index (κ3) is 2.31. The topological polar surface area (TPSA) is 85.0 Å². The molecular weight excluding hydrogens is 278 g/mol. The van der Waals surface area contributed by atoms with Crippen molar-refractivity contribution in [3.05, 3.63) is 22.8 Å². The van der Waals surface area contributed by atoms with Crippen molar-refractivity contribution >= 4 is 17.4 Å². The quantitative estimate of drug-likeness (QED) is 0.860. The molecule has 0 radical (unpaired) electrons. The molecule has 0 aliphatic carbocycles. The van der Waals surface area contributed by atoms with E-state index in [1.165, 1.54) is 6.20 Å². The zero-order chi connectivity index (χ0) is 14.1. The Morgan fingerprint density at radius 1 is 1.55 bits per heavy atom. The van der Waals surface area contributed by atoms with Crippen LogP contribution in [0.4, 0.5) is 0 Å². The van der Waals surface area contributed by atoms with Crippen molar-refractivity contribution in [2.75, 3.05) is 6.54 Å². The molecule has 1 aliphatic rings. The van der Waals surface area contributed by atoms with Crippen LogP contribution in [0, 0.1) is 0 Å². The molecule has 0 N–H and O–H groups in total. The van der Waals surface area contributed by atoms with Gasteiger partial charge in [0.2, 0.25) is 5.89 Å².